The van der Waals surface area contributed by atoms with Gasteiger partial charge in [-0.15, -0.1) is 11.3 Å². The molecule has 3 rings (SSSR count). The Hall–Kier alpha value is -2.28. The second-order valence-corrected chi connectivity index (χ2v) is 6.27. The van der Waals surface area contributed by atoms with E-state index in [4.69, 9.17) is 4.42 Å². The third kappa shape index (κ3) is 2.85. The van der Waals surface area contributed by atoms with Crippen molar-refractivity contribution in [1.29, 1.82) is 0 Å². The Bertz CT molecular complexity index is 789. The minimum Gasteiger partial charge on any atom is -0.437 e. The normalized spacial score (nSPS) is 11.3. The minimum absolute atomic E-state index is 0.155. The number of carbonyl (C=O) groups is 1. The number of pyridine rings is 1. The van der Waals surface area contributed by atoms with Crippen LogP contribution in [0.15, 0.2) is 22.7 Å². The Kier molecular flexibility index (Phi) is 3.89. The van der Waals surface area contributed by atoms with Gasteiger partial charge in [-0.2, -0.15) is 4.98 Å². The van der Waals surface area contributed by atoms with E-state index >= 15 is 0 Å². The average Bonchev–Trinajstić information content (AvgIpc) is 3.07. The highest BCUT2D eigenvalue weighted by Gasteiger charge is 2.17. The number of hydrogen-bond donors (Lipinski definition) is 1. The highest BCUT2D eigenvalue weighted by molar-refractivity contribution is 7.13. The molecule has 0 atom stereocenters. The van der Waals surface area contributed by atoms with Crippen molar-refractivity contribution in [2.45, 2.75) is 33.2 Å². The SMILES string of the molecule is Cc1nc(C(C)C)sc1C(=O)NCc1nc2ncccc2o1. The summed E-state index contributed by atoms with van der Waals surface area (Å²) in [5.74, 6) is 0.596. The number of aromatic nitrogens is 3. The quantitative estimate of drug-likeness (QED) is 0.800. The number of hydrogen-bond acceptors (Lipinski definition) is 6. The maximum Gasteiger partial charge on any atom is 0.263 e. The average molecular weight is 316 g/mol. The van der Waals surface area contributed by atoms with Crippen LogP contribution in [0, 0.1) is 6.92 Å². The van der Waals surface area contributed by atoms with Crippen LogP contribution in [0.5, 0.6) is 0 Å². The predicted octanol–water partition coefficient (Wildman–Crippen LogP) is 3.04. The van der Waals surface area contributed by atoms with Gasteiger partial charge in [0.05, 0.1) is 17.2 Å². The van der Waals surface area contributed by atoms with Crippen molar-refractivity contribution in [1.82, 2.24) is 20.3 Å². The number of carbonyl (C=O) groups excluding carboxylic acids is 1. The van der Waals surface area contributed by atoms with Crippen LogP contribution in [0.3, 0.4) is 0 Å². The Balaban J connectivity index is 1.71. The number of fused-ring (bicyclic) bond motifs is 1. The van der Waals surface area contributed by atoms with E-state index in [0.29, 0.717) is 27.9 Å². The van der Waals surface area contributed by atoms with Crippen molar-refractivity contribution < 1.29 is 9.21 Å². The lowest BCUT2D eigenvalue weighted by molar-refractivity contribution is 0.0951. The summed E-state index contributed by atoms with van der Waals surface area (Å²) in [5, 5.41) is 3.78. The third-order valence-corrected chi connectivity index (χ3v) is 4.58. The molecule has 0 aromatic carbocycles. The molecule has 3 aromatic heterocycles. The number of aryl methyl sites for hydroxylation is 1. The van der Waals surface area contributed by atoms with Crippen LogP contribution >= 0.6 is 11.3 Å². The summed E-state index contributed by atoms with van der Waals surface area (Å²) in [6.45, 7) is 6.20. The van der Waals surface area contributed by atoms with Gasteiger partial charge >= 0.3 is 0 Å². The molecular formula is C15H16N4O2S. The molecule has 3 aromatic rings. The molecule has 0 aliphatic carbocycles. The first-order valence-electron chi connectivity index (χ1n) is 7.00. The Morgan fingerprint density at radius 2 is 2.23 bits per heavy atom. The van der Waals surface area contributed by atoms with Crippen molar-refractivity contribution >= 4 is 28.5 Å². The van der Waals surface area contributed by atoms with Crippen LogP contribution in [0.2, 0.25) is 0 Å². The van der Waals surface area contributed by atoms with Crippen molar-refractivity contribution in [3.63, 3.8) is 0 Å². The first-order chi connectivity index (χ1) is 10.5. The molecule has 7 heteroatoms. The molecule has 0 saturated carbocycles. The fraction of sp³-hybridized carbons (Fsp3) is 0.333. The summed E-state index contributed by atoms with van der Waals surface area (Å²) in [6.07, 6.45) is 1.65. The molecule has 3 heterocycles. The Morgan fingerprint density at radius 3 is 2.91 bits per heavy atom. The molecule has 0 bridgehead atoms. The summed E-state index contributed by atoms with van der Waals surface area (Å²) in [6, 6.07) is 3.58. The van der Waals surface area contributed by atoms with Crippen LogP contribution in [0.25, 0.3) is 11.2 Å². The van der Waals surface area contributed by atoms with Crippen molar-refractivity contribution in [3.05, 3.63) is 39.8 Å². The Morgan fingerprint density at radius 1 is 1.41 bits per heavy atom. The lowest BCUT2D eigenvalue weighted by atomic mass is 10.2. The van der Waals surface area contributed by atoms with Crippen LogP contribution < -0.4 is 5.32 Å². The molecule has 0 fully saturated rings. The molecule has 0 aliphatic heterocycles. The maximum absolute atomic E-state index is 12.3. The summed E-state index contributed by atoms with van der Waals surface area (Å²) < 4.78 is 5.53. The minimum atomic E-state index is -0.155. The first-order valence-corrected chi connectivity index (χ1v) is 7.82. The summed E-state index contributed by atoms with van der Waals surface area (Å²) in [5.41, 5.74) is 1.91. The first kappa shape index (κ1) is 14.6. The van der Waals surface area contributed by atoms with Crippen molar-refractivity contribution in [2.24, 2.45) is 0 Å². The fourth-order valence-corrected chi connectivity index (χ4v) is 2.99. The van der Waals surface area contributed by atoms with Crippen LogP contribution in [-0.4, -0.2) is 20.9 Å². The van der Waals surface area contributed by atoms with Crippen molar-refractivity contribution in [3.8, 4) is 0 Å². The van der Waals surface area contributed by atoms with Gasteiger partial charge in [-0.1, -0.05) is 13.8 Å². The van der Waals surface area contributed by atoms with Gasteiger partial charge < -0.3 is 9.73 Å². The maximum atomic E-state index is 12.3. The second kappa shape index (κ2) is 5.84. The summed E-state index contributed by atoms with van der Waals surface area (Å²) >= 11 is 1.43. The van der Waals surface area contributed by atoms with Gasteiger partial charge in [-0.05, 0) is 19.1 Å². The van der Waals surface area contributed by atoms with E-state index in [9.17, 15) is 4.79 Å². The second-order valence-electron chi connectivity index (χ2n) is 5.24. The number of nitrogens with one attached hydrogen (secondary N) is 1. The molecule has 0 radical (unpaired) electrons. The molecular weight excluding hydrogens is 300 g/mol. The fourth-order valence-electron chi connectivity index (χ4n) is 2.00. The molecule has 0 saturated heterocycles. The summed E-state index contributed by atoms with van der Waals surface area (Å²) in [4.78, 5) is 25.7. The third-order valence-electron chi connectivity index (χ3n) is 3.12. The molecule has 114 valence electrons. The van der Waals surface area contributed by atoms with Gasteiger partial charge in [0.25, 0.3) is 5.91 Å². The molecule has 0 spiro atoms. The Labute approximate surface area is 131 Å². The molecule has 1 N–H and O–H groups in total. The van der Waals surface area contributed by atoms with Gasteiger partial charge in [-0.25, -0.2) is 9.97 Å². The topological polar surface area (TPSA) is 80.9 Å². The van der Waals surface area contributed by atoms with E-state index in [1.54, 1.807) is 18.3 Å². The largest absolute Gasteiger partial charge is 0.437 e. The number of oxazole rings is 1. The smallest absolute Gasteiger partial charge is 0.263 e. The van der Waals surface area contributed by atoms with Gasteiger partial charge in [0.15, 0.2) is 11.2 Å². The zero-order chi connectivity index (χ0) is 15.7. The number of rotatable bonds is 4. The van der Waals surface area contributed by atoms with Crippen LogP contribution in [-0.2, 0) is 6.54 Å². The molecule has 0 aliphatic rings. The van der Waals surface area contributed by atoms with E-state index < -0.39 is 0 Å². The lowest BCUT2D eigenvalue weighted by Gasteiger charge is -2.00. The monoisotopic (exact) mass is 316 g/mol. The standard InChI is InChI=1S/C15H16N4O2S/c1-8(2)15-18-9(3)12(22-15)14(20)17-7-11-19-13-10(21-11)5-4-6-16-13/h4-6,8H,7H2,1-3H3,(H,17,20). The van der Waals surface area contributed by atoms with Gasteiger partial charge in [0, 0.05) is 12.1 Å². The highest BCUT2D eigenvalue weighted by atomic mass is 32.1. The van der Waals surface area contributed by atoms with Gasteiger partial charge in [0.1, 0.15) is 4.88 Å². The zero-order valence-corrected chi connectivity index (χ0v) is 13.4. The van der Waals surface area contributed by atoms with E-state index in [0.717, 1.165) is 10.7 Å². The zero-order valence-electron chi connectivity index (χ0n) is 12.6. The molecule has 0 unspecified atom stereocenters. The molecule has 1 amide bonds. The van der Waals surface area contributed by atoms with E-state index in [1.807, 2.05) is 6.92 Å². The van der Waals surface area contributed by atoms with Crippen molar-refractivity contribution in [2.75, 3.05) is 0 Å². The summed E-state index contributed by atoms with van der Waals surface area (Å²) in [7, 11) is 0. The number of thiazole rings is 1. The van der Waals surface area contributed by atoms with E-state index in [2.05, 4.69) is 34.1 Å². The number of nitrogens with zero attached hydrogens (tertiary/aromatic N) is 3. The highest BCUT2D eigenvalue weighted by Crippen LogP contribution is 2.24. The predicted molar refractivity (Wildman–Crippen MR) is 83.9 cm³/mol. The van der Waals surface area contributed by atoms with Gasteiger partial charge in [0.2, 0.25) is 5.89 Å². The van der Waals surface area contributed by atoms with Crippen LogP contribution in [0.4, 0.5) is 0 Å². The van der Waals surface area contributed by atoms with Gasteiger partial charge in [-0.3, -0.25) is 4.79 Å². The van der Waals surface area contributed by atoms with E-state index in [1.165, 1.54) is 11.3 Å². The van der Waals surface area contributed by atoms with Crippen LogP contribution in [0.1, 0.15) is 46.0 Å². The molecule has 22 heavy (non-hydrogen) atoms. The molecule has 6 nitrogen and oxygen atoms in total. The van der Waals surface area contributed by atoms with E-state index in [-0.39, 0.29) is 12.5 Å². The number of amides is 1. The lowest BCUT2D eigenvalue weighted by Crippen LogP contribution is -2.22.